The molecule has 0 radical (unpaired) electrons. The standard InChI is InChI=1S/C23H37FN6/c1-3-12-28-14-9-20(10-15-28)27-23(25-2)26-11-6-13-29-16-18-30(19-17-29)22-8-5-4-7-21(22)24/h3-5,7-8,20H,1,6,9-19H2,2H3,(H2,25,26,27). The summed E-state index contributed by atoms with van der Waals surface area (Å²) in [5, 5.41) is 7.02. The van der Waals surface area contributed by atoms with Gasteiger partial charge in [0.1, 0.15) is 5.82 Å². The summed E-state index contributed by atoms with van der Waals surface area (Å²) in [5.74, 6) is 0.780. The van der Waals surface area contributed by atoms with E-state index in [9.17, 15) is 4.39 Å². The Morgan fingerprint density at radius 3 is 2.53 bits per heavy atom. The van der Waals surface area contributed by atoms with Gasteiger partial charge in [-0.05, 0) is 37.9 Å². The predicted molar refractivity (Wildman–Crippen MR) is 124 cm³/mol. The maximum absolute atomic E-state index is 14.0. The molecule has 2 aliphatic heterocycles. The maximum Gasteiger partial charge on any atom is 0.191 e. The Morgan fingerprint density at radius 1 is 1.13 bits per heavy atom. The molecule has 0 amide bonds. The minimum Gasteiger partial charge on any atom is -0.367 e. The summed E-state index contributed by atoms with van der Waals surface area (Å²) in [5.41, 5.74) is 0.726. The molecule has 2 aliphatic rings. The van der Waals surface area contributed by atoms with Gasteiger partial charge in [-0.25, -0.2) is 4.39 Å². The van der Waals surface area contributed by atoms with E-state index in [0.29, 0.717) is 6.04 Å². The van der Waals surface area contributed by atoms with Gasteiger partial charge in [0.15, 0.2) is 5.96 Å². The summed E-state index contributed by atoms with van der Waals surface area (Å²) in [7, 11) is 1.84. The lowest BCUT2D eigenvalue weighted by Crippen LogP contribution is -2.49. The molecule has 2 heterocycles. The quantitative estimate of drug-likeness (QED) is 0.294. The van der Waals surface area contributed by atoms with Gasteiger partial charge in [-0.1, -0.05) is 18.2 Å². The summed E-state index contributed by atoms with van der Waals surface area (Å²) in [6, 6.07) is 7.55. The van der Waals surface area contributed by atoms with Crippen molar-refractivity contribution in [1.29, 1.82) is 0 Å². The van der Waals surface area contributed by atoms with Crippen molar-refractivity contribution in [3.05, 3.63) is 42.7 Å². The number of rotatable bonds is 8. The van der Waals surface area contributed by atoms with E-state index >= 15 is 0 Å². The monoisotopic (exact) mass is 416 g/mol. The van der Waals surface area contributed by atoms with Crippen LogP contribution in [-0.2, 0) is 0 Å². The van der Waals surface area contributed by atoms with Crippen LogP contribution in [0.4, 0.5) is 10.1 Å². The van der Waals surface area contributed by atoms with E-state index in [1.165, 1.54) is 0 Å². The first-order chi connectivity index (χ1) is 14.7. The summed E-state index contributed by atoms with van der Waals surface area (Å²) in [6.07, 6.45) is 5.33. The van der Waals surface area contributed by atoms with Crippen molar-refractivity contribution in [1.82, 2.24) is 20.4 Å². The zero-order valence-corrected chi connectivity index (χ0v) is 18.3. The lowest BCUT2D eigenvalue weighted by atomic mass is 10.1. The normalized spacial score (nSPS) is 19.7. The van der Waals surface area contributed by atoms with Crippen LogP contribution in [0.5, 0.6) is 0 Å². The van der Waals surface area contributed by atoms with Crippen LogP contribution in [0.15, 0.2) is 41.9 Å². The van der Waals surface area contributed by atoms with Gasteiger partial charge in [-0.15, -0.1) is 6.58 Å². The summed E-state index contributed by atoms with van der Waals surface area (Å²) >= 11 is 0. The highest BCUT2D eigenvalue weighted by molar-refractivity contribution is 5.79. The second-order valence-electron chi connectivity index (χ2n) is 8.14. The number of para-hydroxylation sites is 1. The first-order valence-electron chi connectivity index (χ1n) is 11.2. The highest BCUT2D eigenvalue weighted by atomic mass is 19.1. The first-order valence-corrected chi connectivity index (χ1v) is 11.2. The molecule has 2 fully saturated rings. The van der Waals surface area contributed by atoms with Crippen LogP contribution in [0.2, 0.25) is 0 Å². The second kappa shape index (κ2) is 11.9. The average Bonchev–Trinajstić information content (AvgIpc) is 2.78. The molecular weight excluding hydrogens is 379 g/mol. The molecule has 0 atom stereocenters. The summed E-state index contributed by atoms with van der Waals surface area (Å²) in [6.45, 7) is 12.7. The van der Waals surface area contributed by atoms with Gasteiger partial charge in [0.25, 0.3) is 0 Å². The molecule has 166 valence electrons. The van der Waals surface area contributed by atoms with Gasteiger partial charge in [-0.3, -0.25) is 14.8 Å². The Morgan fingerprint density at radius 2 is 1.87 bits per heavy atom. The fourth-order valence-corrected chi connectivity index (χ4v) is 4.26. The van der Waals surface area contributed by atoms with Crippen molar-refractivity contribution in [3.8, 4) is 0 Å². The van der Waals surface area contributed by atoms with Crippen molar-refractivity contribution >= 4 is 11.6 Å². The summed E-state index contributed by atoms with van der Waals surface area (Å²) < 4.78 is 14.0. The Hall–Kier alpha value is -2.12. The van der Waals surface area contributed by atoms with Crippen LogP contribution in [0.25, 0.3) is 0 Å². The van der Waals surface area contributed by atoms with Crippen molar-refractivity contribution in [3.63, 3.8) is 0 Å². The third kappa shape index (κ3) is 6.71. The molecule has 3 rings (SSSR count). The number of hydrogen-bond donors (Lipinski definition) is 2. The fraction of sp³-hybridized carbons (Fsp3) is 0.609. The van der Waals surface area contributed by atoms with Crippen molar-refractivity contribution < 1.29 is 4.39 Å². The minimum absolute atomic E-state index is 0.125. The average molecular weight is 417 g/mol. The van der Waals surface area contributed by atoms with Crippen LogP contribution in [0.3, 0.4) is 0 Å². The predicted octanol–water partition coefficient (Wildman–Crippen LogP) is 2.15. The number of nitrogens with one attached hydrogen (secondary N) is 2. The molecule has 0 saturated carbocycles. The van der Waals surface area contributed by atoms with Gasteiger partial charge < -0.3 is 15.5 Å². The molecule has 0 spiro atoms. The van der Waals surface area contributed by atoms with Crippen molar-refractivity contribution in [2.24, 2.45) is 4.99 Å². The lowest BCUT2D eigenvalue weighted by molar-refractivity contribution is 0.225. The van der Waals surface area contributed by atoms with Gasteiger partial charge in [0.05, 0.1) is 5.69 Å². The van der Waals surface area contributed by atoms with Crippen molar-refractivity contribution in [2.45, 2.75) is 25.3 Å². The van der Waals surface area contributed by atoms with Crippen LogP contribution in [0, 0.1) is 5.82 Å². The SMILES string of the molecule is C=CCN1CCC(NC(=NC)NCCCN2CCN(c3ccccc3F)CC2)CC1. The second-order valence-corrected chi connectivity index (χ2v) is 8.14. The molecule has 0 unspecified atom stereocenters. The van der Waals surface area contributed by atoms with Gasteiger partial charge in [-0.2, -0.15) is 0 Å². The molecule has 2 saturated heterocycles. The Kier molecular flexibility index (Phi) is 8.96. The molecule has 6 nitrogen and oxygen atoms in total. The number of piperazine rings is 1. The van der Waals surface area contributed by atoms with Crippen LogP contribution in [-0.4, -0.2) is 87.8 Å². The largest absolute Gasteiger partial charge is 0.367 e. The van der Waals surface area contributed by atoms with Crippen LogP contribution in [0.1, 0.15) is 19.3 Å². The number of benzene rings is 1. The number of aliphatic imine (C=N–C) groups is 1. The number of guanidine groups is 1. The van der Waals surface area contributed by atoms with E-state index in [1.54, 1.807) is 12.1 Å². The zero-order chi connectivity index (χ0) is 21.2. The van der Waals surface area contributed by atoms with Gasteiger partial charge in [0, 0.05) is 65.4 Å². The van der Waals surface area contributed by atoms with Crippen LogP contribution < -0.4 is 15.5 Å². The van der Waals surface area contributed by atoms with Crippen LogP contribution >= 0.6 is 0 Å². The molecule has 1 aromatic rings. The molecule has 0 aromatic heterocycles. The zero-order valence-electron chi connectivity index (χ0n) is 18.3. The topological polar surface area (TPSA) is 46.1 Å². The third-order valence-corrected chi connectivity index (χ3v) is 6.05. The fourth-order valence-electron chi connectivity index (χ4n) is 4.26. The van der Waals surface area contributed by atoms with E-state index in [2.05, 4.69) is 36.9 Å². The van der Waals surface area contributed by atoms with E-state index in [0.717, 1.165) is 89.8 Å². The van der Waals surface area contributed by atoms with E-state index in [-0.39, 0.29) is 5.82 Å². The molecule has 7 heteroatoms. The van der Waals surface area contributed by atoms with E-state index in [4.69, 9.17) is 0 Å². The third-order valence-electron chi connectivity index (χ3n) is 6.05. The Bertz CT molecular complexity index is 678. The van der Waals surface area contributed by atoms with E-state index in [1.807, 2.05) is 25.3 Å². The number of piperidine rings is 1. The lowest BCUT2D eigenvalue weighted by Gasteiger charge is -2.36. The molecule has 2 N–H and O–H groups in total. The molecule has 0 bridgehead atoms. The number of hydrogen-bond acceptors (Lipinski definition) is 4. The molecule has 1 aromatic carbocycles. The molecule has 0 aliphatic carbocycles. The Labute approximate surface area is 180 Å². The molecule has 30 heavy (non-hydrogen) atoms. The summed E-state index contributed by atoms with van der Waals surface area (Å²) in [4.78, 5) is 11.4. The van der Waals surface area contributed by atoms with Gasteiger partial charge in [0.2, 0.25) is 0 Å². The number of likely N-dealkylation sites (tertiary alicyclic amines) is 1. The Balaban J connectivity index is 1.29. The maximum atomic E-state index is 14.0. The van der Waals surface area contributed by atoms with E-state index < -0.39 is 0 Å². The highest BCUT2D eigenvalue weighted by Gasteiger charge is 2.20. The number of halogens is 1. The molecular formula is C23H37FN6. The highest BCUT2D eigenvalue weighted by Crippen LogP contribution is 2.20. The number of anilines is 1. The van der Waals surface area contributed by atoms with Gasteiger partial charge >= 0.3 is 0 Å². The number of nitrogens with zero attached hydrogens (tertiary/aromatic N) is 4. The smallest absolute Gasteiger partial charge is 0.191 e. The van der Waals surface area contributed by atoms with Crippen molar-refractivity contribution in [2.75, 3.05) is 70.9 Å². The first kappa shape index (κ1) is 22.6. The minimum atomic E-state index is -0.125.